The molecule has 0 aromatic heterocycles. The Balaban J connectivity index is 2.36. The molecule has 1 aromatic carbocycles. The van der Waals surface area contributed by atoms with Crippen LogP contribution in [0.5, 0.6) is 0 Å². The number of nitrogens with one attached hydrogen (secondary N) is 1. The molecule has 0 bridgehead atoms. The summed E-state index contributed by atoms with van der Waals surface area (Å²) >= 11 is 3.38. The third-order valence-electron chi connectivity index (χ3n) is 3.08. The van der Waals surface area contributed by atoms with E-state index in [0.717, 1.165) is 28.9 Å². The molecular weight excluding hydrogens is 293 g/mol. The van der Waals surface area contributed by atoms with Gasteiger partial charge in [0.15, 0.2) is 0 Å². The summed E-state index contributed by atoms with van der Waals surface area (Å²) in [6.45, 7) is 7.44. The van der Waals surface area contributed by atoms with Crippen LogP contribution in [0.2, 0.25) is 0 Å². The molecule has 1 N–H and O–H groups in total. The molecule has 0 aliphatic heterocycles. The lowest BCUT2D eigenvalue weighted by Crippen LogP contribution is -2.20. The first kappa shape index (κ1) is 15.6. The molecule has 0 aliphatic carbocycles. The van der Waals surface area contributed by atoms with E-state index in [4.69, 9.17) is 0 Å². The summed E-state index contributed by atoms with van der Waals surface area (Å²) in [7, 11) is 0. The Hall–Kier alpha value is -0.410. The Kier molecular flexibility index (Phi) is 6.87. The zero-order valence-corrected chi connectivity index (χ0v) is 13.1. The highest BCUT2D eigenvalue weighted by molar-refractivity contribution is 9.10. The van der Waals surface area contributed by atoms with E-state index in [2.05, 4.69) is 35.1 Å². The second kappa shape index (κ2) is 7.90. The standard InChI is InChI=1S/C15H23BrFN/c1-11(2)6-4-5-9-18-12(3)14-10-13(16)7-8-15(14)17/h7-8,10-12,18H,4-6,9H2,1-3H3. The maximum Gasteiger partial charge on any atom is 0.128 e. The monoisotopic (exact) mass is 315 g/mol. The second-order valence-corrected chi connectivity index (χ2v) is 6.15. The van der Waals surface area contributed by atoms with Gasteiger partial charge in [-0.05, 0) is 44.0 Å². The second-order valence-electron chi connectivity index (χ2n) is 5.23. The van der Waals surface area contributed by atoms with E-state index in [1.165, 1.54) is 18.9 Å². The van der Waals surface area contributed by atoms with Crippen LogP contribution in [-0.4, -0.2) is 6.54 Å². The Bertz CT molecular complexity index is 366. The summed E-state index contributed by atoms with van der Waals surface area (Å²) in [4.78, 5) is 0. The average molecular weight is 316 g/mol. The van der Waals surface area contributed by atoms with Crippen LogP contribution in [0, 0.1) is 11.7 Å². The highest BCUT2D eigenvalue weighted by atomic mass is 79.9. The Morgan fingerprint density at radius 1 is 1.22 bits per heavy atom. The molecule has 3 heteroatoms. The molecule has 1 nitrogen and oxygen atoms in total. The van der Waals surface area contributed by atoms with Crippen molar-refractivity contribution in [2.75, 3.05) is 6.54 Å². The van der Waals surface area contributed by atoms with Crippen molar-refractivity contribution in [3.63, 3.8) is 0 Å². The van der Waals surface area contributed by atoms with Crippen molar-refractivity contribution < 1.29 is 4.39 Å². The summed E-state index contributed by atoms with van der Waals surface area (Å²) in [5, 5.41) is 3.38. The smallest absolute Gasteiger partial charge is 0.128 e. The van der Waals surface area contributed by atoms with Crippen molar-refractivity contribution in [3.8, 4) is 0 Å². The summed E-state index contributed by atoms with van der Waals surface area (Å²) in [5.74, 6) is 0.630. The van der Waals surface area contributed by atoms with E-state index in [1.807, 2.05) is 13.0 Å². The fraction of sp³-hybridized carbons (Fsp3) is 0.600. The molecule has 102 valence electrons. The molecule has 0 fully saturated rings. The lowest BCUT2D eigenvalue weighted by molar-refractivity contribution is 0.486. The Morgan fingerprint density at radius 2 is 1.94 bits per heavy atom. The molecule has 0 radical (unpaired) electrons. The van der Waals surface area contributed by atoms with Crippen LogP contribution in [0.3, 0.4) is 0 Å². The third kappa shape index (κ3) is 5.49. The molecule has 0 aliphatic rings. The molecule has 0 heterocycles. The number of rotatable bonds is 7. The van der Waals surface area contributed by atoms with Gasteiger partial charge in [-0.25, -0.2) is 4.39 Å². The quantitative estimate of drug-likeness (QED) is 0.693. The molecule has 0 amide bonds. The zero-order valence-electron chi connectivity index (χ0n) is 11.5. The van der Waals surface area contributed by atoms with Gasteiger partial charge >= 0.3 is 0 Å². The minimum Gasteiger partial charge on any atom is -0.310 e. The van der Waals surface area contributed by atoms with Crippen molar-refractivity contribution in [1.29, 1.82) is 0 Å². The summed E-state index contributed by atoms with van der Waals surface area (Å²) in [6.07, 6.45) is 3.65. The number of benzene rings is 1. The van der Waals surface area contributed by atoms with Gasteiger partial charge in [-0.15, -0.1) is 0 Å². The maximum atomic E-state index is 13.6. The van der Waals surface area contributed by atoms with Gasteiger partial charge in [-0.2, -0.15) is 0 Å². The highest BCUT2D eigenvalue weighted by Gasteiger charge is 2.10. The van der Waals surface area contributed by atoms with E-state index in [-0.39, 0.29) is 11.9 Å². The molecule has 1 rings (SSSR count). The molecule has 0 saturated carbocycles. The predicted molar refractivity (Wildman–Crippen MR) is 79.2 cm³/mol. The van der Waals surface area contributed by atoms with Gasteiger partial charge in [-0.1, -0.05) is 42.6 Å². The topological polar surface area (TPSA) is 12.0 Å². The zero-order chi connectivity index (χ0) is 13.5. The van der Waals surface area contributed by atoms with Crippen LogP contribution in [-0.2, 0) is 0 Å². The van der Waals surface area contributed by atoms with Crippen LogP contribution in [0.1, 0.15) is 51.6 Å². The molecule has 0 saturated heterocycles. The van der Waals surface area contributed by atoms with Crippen molar-refractivity contribution in [2.24, 2.45) is 5.92 Å². The first-order chi connectivity index (χ1) is 8.50. The van der Waals surface area contributed by atoms with Gasteiger partial charge in [0.1, 0.15) is 5.82 Å². The average Bonchev–Trinajstić information content (AvgIpc) is 2.31. The maximum absolute atomic E-state index is 13.6. The van der Waals surface area contributed by atoms with Crippen molar-refractivity contribution in [3.05, 3.63) is 34.1 Å². The van der Waals surface area contributed by atoms with Crippen LogP contribution < -0.4 is 5.32 Å². The summed E-state index contributed by atoms with van der Waals surface area (Å²) < 4.78 is 14.6. The lowest BCUT2D eigenvalue weighted by Gasteiger charge is -2.15. The van der Waals surface area contributed by atoms with Crippen molar-refractivity contribution >= 4 is 15.9 Å². The van der Waals surface area contributed by atoms with Gasteiger partial charge < -0.3 is 5.32 Å². The van der Waals surface area contributed by atoms with E-state index in [1.54, 1.807) is 6.07 Å². The predicted octanol–water partition coefficient (Wildman–Crippen LogP) is 5.07. The lowest BCUT2D eigenvalue weighted by atomic mass is 10.1. The van der Waals surface area contributed by atoms with E-state index < -0.39 is 0 Å². The molecule has 1 atom stereocenters. The largest absolute Gasteiger partial charge is 0.310 e. The van der Waals surface area contributed by atoms with Crippen LogP contribution >= 0.6 is 15.9 Å². The van der Waals surface area contributed by atoms with Crippen LogP contribution in [0.15, 0.2) is 22.7 Å². The minimum atomic E-state index is -0.139. The normalized spacial score (nSPS) is 13.0. The van der Waals surface area contributed by atoms with E-state index in [9.17, 15) is 4.39 Å². The first-order valence-electron chi connectivity index (χ1n) is 6.69. The van der Waals surface area contributed by atoms with Crippen LogP contribution in [0.4, 0.5) is 4.39 Å². The first-order valence-corrected chi connectivity index (χ1v) is 7.48. The minimum absolute atomic E-state index is 0.0570. The third-order valence-corrected chi connectivity index (χ3v) is 3.58. The van der Waals surface area contributed by atoms with Gasteiger partial charge in [0.25, 0.3) is 0 Å². The summed E-state index contributed by atoms with van der Waals surface area (Å²) in [5.41, 5.74) is 0.730. The van der Waals surface area contributed by atoms with Gasteiger partial charge in [0, 0.05) is 16.1 Å². The van der Waals surface area contributed by atoms with E-state index in [0.29, 0.717) is 0 Å². The number of halogens is 2. The Morgan fingerprint density at radius 3 is 2.61 bits per heavy atom. The van der Waals surface area contributed by atoms with Gasteiger partial charge in [-0.3, -0.25) is 0 Å². The van der Waals surface area contributed by atoms with Crippen molar-refractivity contribution in [2.45, 2.75) is 46.1 Å². The number of unbranched alkanes of at least 4 members (excludes halogenated alkanes) is 1. The molecule has 1 aromatic rings. The fourth-order valence-electron chi connectivity index (χ4n) is 1.95. The molecule has 1 unspecified atom stereocenters. The van der Waals surface area contributed by atoms with E-state index >= 15 is 0 Å². The highest BCUT2D eigenvalue weighted by Crippen LogP contribution is 2.21. The number of hydrogen-bond donors (Lipinski definition) is 1. The van der Waals surface area contributed by atoms with Gasteiger partial charge in [0.2, 0.25) is 0 Å². The van der Waals surface area contributed by atoms with Crippen LogP contribution in [0.25, 0.3) is 0 Å². The summed E-state index contributed by atoms with van der Waals surface area (Å²) in [6, 6.07) is 5.15. The molecular formula is C15H23BrFN. The fourth-order valence-corrected chi connectivity index (χ4v) is 2.33. The SMILES string of the molecule is CC(C)CCCCNC(C)c1cc(Br)ccc1F. The molecule has 0 spiro atoms. The number of hydrogen-bond acceptors (Lipinski definition) is 1. The van der Waals surface area contributed by atoms with Gasteiger partial charge in [0.05, 0.1) is 0 Å². The van der Waals surface area contributed by atoms with Crippen molar-refractivity contribution in [1.82, 2.24) is 5.32 Å². The Labute approximate surface area is 118 Å². The molecule has 18 heavy (non-hydrogen) atoms.